The fraction of sp³-hybridized carbons (Fsp3) is 0.400. The van der Waals surface area contributed by atoms with Crippen LogP contribution < -0.4 is 0 Å². The molecule has 0 saturated carbocycles. The fourth-order valence-electron chi connectivity index (χ4n) is 1.60. The van der Waals surface area contributed by atoms with Crippen molar-refractivity contribution >= 4 is 12.1 Å². The summed E-state index contributed by atoms with van der Waals surface area (Å²) in [5, 5.41) is 0. The van der Waals surface area contributed by atoms with E-state index in [1.165, 1.54) is 12.0 Å². The van der Waals surface area contributed by atoms with Crippen LogP contribution in [0.2, 0.25) is 0 Å². The Morgan fingerprint density at radius 1 is 1.24 bits per heavy atom. The van der Waals surface area contributed by atoms with Crippen molar-refractivity contribution in [3.63, 3.8) is 0 Å². The molecule has 6 heteroatoms. The van der Waals surface area contributed by atoms with Gasteiger partial charge in [0, 0.05) is 6.54 Å². The topological polar surface area (TPSA) is 60.2 Å². The summed E-state index contributed by atoms with van der Waals surface area (Å²) in [6, 6.07) is 9.30. The minimum atomic E-state index is -0.536. The van der Waals surface area contributed by atoms with Crippen LogP contribution in [-0.4, -0.2) is 43.7 Å². The average molecular weight is 290 g/mol. The van der Waals surface area contributed by atoms with Gasteiger partial charge in [-0.05, 0) is 5.56 Å². The average Bonchev–Trinajstić information content (AvgIpc) is 2.53. The van der Waals surface area contributed by atoms with Crippen LogP contribution in [0.4, 0.5) is 4.79 Å². The highest BCUT2D eigenvalue weighted by Gasteiger charge is 2.17. The van der Waals surface area contributed by atoms with Gasteiger partial charge >= 0.3 is 12.1 Å². The number of carbonyl (C=O) groups excluding carboxylic acids is 2. The molecule has 0 atom stereocenters. The number of carbonyl (C=O) groups is 2. The van der Waals surface area contributed by atoms with E-state index in [2.05, 4.69) is 9.58 Å². The number of amides is 1. The van der Waals surface area contributed by atoms with Gasteiger partial charge in [0.2, 0.25) is 6.54 Å². The Hall–Kier alpha value is -2.55. The van der Waals surface area contributed by atoms with Crippen molar-refractivity contribution < 1.29 is 19.1 Å². The second-order valence-electron chi connectivity index (χ2n) is 4.24. The van der Waals surface area contributed by atoms with Crippen molar-refractivity contribution in [2.45, 2.75) is 13.0 Å². The van der Waals surface area contributed by atoms with Crippen LogP contribution in [0, 0.1) is 6.57 Å². The number of methoxy groups -OCH3 is 1. The first-order chi connectivity index (χ1) is 10.2. The Morgan fingerprint density at radius 2 is 1.95 bits per heavy atom. The smallest absolute Gasteiger partial charge is 0.410 e. The van der Waals surface area contributed by atoms with Crippen molar-refractivity contribution in [3.8, 4) is 0 Å². The summed E-state index contributed by atoms with van der Waals surface area (Å²) < 4.78 is 9.72. The van der Waals surface area contributed by atoms with Crippen molar-refractivity contribution in [2.75, 3.05) is 26.7 Å². The maximum atomic E-state index is 12.0. The van der Waals surface area contributed by atoms with Gasteiger partial charge in [0.25, 0.3) is 0 Å². The summed E-state index contributed by atoms with van der Waals surface area (Å²) in [5.41, 5.74) is 0.879. The zero-order chi connectivity index (χ0) is 15.5. The van der Waals surface area contributed by atoms with Crippen LogP contribution in [0.15, 0.2) is 30.3 Å². The van der Waals surface area contributed by atoms with E-state index in [1.54, 1.807) is 0 Å². The monoisotopic (exact) mass is 290 g/mol. The lowest BCUT2D eigenvalue weighted by Gasteiger charge is -2.19. The largest absolute Gasteiger partial charge is 0.469 e. The Kier molecular flexibility index (Phi) is 7.36. The molecule has 112 valence electrons. The van der Waals surface area contributed by atoms with Gasteiger partial charge in [0.15, 0.2) is 0 Å². The maximum Gasteiger partial charge on any atom is 0.410 e. The zero-order valence-electron chi connectivity index (χ0n) is 11.9. The number of hydrogen-bond donors (Lipinski definition) is 0. The van der Waals surface area contributed by atoms with Crippen LogP contribution in [-0.2, 0) is 20.9 Å². The van der Waals surface area contributed by atoms with Crippen LogP contribution in [0.5, 0.6) is 0 Å². The van der Waals surface area contributed by atoms with Gasteiger partial charge < -0.3 is 19.2 Å². The van der Waals surface area contributed by atoms with Crippen molar-refractivity contribution in [1.29, 1.82) is 0 Å². The third-order valence-electron chi connectivity index (χ3n) is 2.76. The molecular formula is C15H18N2O4. The first-order valence-electron chi connectivity index (χ1n) is 6.53. The highest BCUT2D eigenvalue weighted by Crippen LogP contribution is 2.04. The molecule has 6 nitrogen and oxygen atoms in total. The Bertz CT molecular complexity index is 496. The van der Waals surface area contributed by atoms with Gasteiger partial charge in [-0.3, -0.25) is 4.79 Å². The van der Waals surface area contributed by atoms with E-state index in [4.69, 9.17) is 11.3 Å². The summed E-state index contributed by atoms with van der Waals surface area (Å²) in [5.74, 6) is -0.404. The lowest BCUT2D eigenvalue weighted by atomic mass is 10.2. The molecule has 0 aromatic heterocycles. The number of ether oxygens (including phenoxy) is 2. The Labute approximate surface area is 124 Å². The van der Waals surface area contributed by atoms with E-state index in [1.807, 2.05) is 30.3 Å². The molecule has 0 aliphatic rings. The predicted octanol–water partition coefficient (Wildman–Crippen LogP) is 2.11. The lowest BCUT2D eigenvalue weighted by Crippen LogP contribution is -2.35. The van der Waals surface area contributed by atoms with Gasteiger partial charge in [-0.15, -0.1) is 0 Å². The quantitative estimate of drug-likeness (QED) is 0.570. The second-order valence-corrected chi connectivity index (χ2v) is 4.24. The van der Waals surface area contributed by atoms with Gasteiger partial charge in [-0.1, -0.05) is 30.3 Å². The zero-order valence-corrected chi connectivity index (χ0v) is 11.9. The SMILES string of the molecule is [C-]#[N+]CCN(CCC(=O)OC)C(=O)OCc1ccccc1. The molecule has 21 heavy (non-hydrogen) atoms. The third kappa shape index (κ3) is 6.43. The molecule has 1 amide bonds. The standard InChI is InChI=1S/C15H18N2O4/c1-16-9-11-17(10-8-14(18)20-2)15(19)21-12-13-6-4-3-5-7-13/h3-7H,8-12H2,2H3. The molecule has 0 fully saturated rings. The van der Waals surface area contributed by atoms with E-state index in [0.717, 1.165) is 5.56 Å². The molecule has 1 aromatic rings. The summed E-state index contributed by atoms with van der Waals surface area (Å²) in [6.45, 7) is 7.51. The minimum Gasteiger partial charge on any atom is -0.469 e. The Morgan fingerprint density at radius 3 is 2.57 bits per heavy atom. The van der Waals surface area contributed by atoms with Crippen LogP contribution in [0.1, 0.15) is 12.0 Å². The molecular weight excluding hydrogens is 272 g/mol. The van der Waals surface area contributed by atoms with Crippen LogP contribution in [0.3, 0.4) is 0 Å². The molecule has 1 aromatic carbocycles. The van der Waals surface area contributed by atoms with E-state index >= 15 is 0 Å². The molecule has 0 N–H and O–H groups in total. The molecule has 0 aliphatic carbocycles. The maximum absolute atomic E-state index is 12.0. The molecule has 0 radical (unpaired) electrons. The van der Waals surface area contributed by atoms with Gasteiger partial charge in [0.05, 0.1) is 20.1 Å². The van der Waals surface area contributed by atoms with E-state index < -0.39 is 12.1 Å². The number of hydrogen-bond acceptors (Lipinski definition) is 4. The van der Waals surface area contributed by atoms with E-state index in [9.17, 15) is 9.59 Å². The number of rotatable bonds is 7. The Balaban J connectivity index is 2.50. The second kappa shape index (κ2) is 9.37. The molecule has 0 unspecified atom stereocenters. The lowest BCUT2D eigenvalue weighted by molar-refractivity contribution is -0.140. The van der Waals surface area contributed by atoms with Crippen molar-refractivity contribution in [2.24, 2.45) is 0 Å². The van der Waals surface area contributed by atoms with Crippen LogP contribution >= 0.6 is 0 Å². The first-order valence-corrected chi connectivity index (χ1v) is 6.53. The first kappa shape index (κ1) is 16.5. The fourth-order valence-corrected chi connectivity index (χ4v) is 1.60. The van der Waals surface area contributed by atoms with Gasteiger partial charge in [-0.2, -0.15) is 0 Å². The molecule has 0 heterocycles. The predicted molar refractivity (Wildman–Crippen MR) is 76.3 cm³/mol. The van der Waals surface area contributed by atoms with E-state index in [-0.39, 0.29) is 32.7 Å². The molecule has 1 rings (SSSR count). The number of benzene rings is 1. The van der Waals surface area contributed by atoms with Crippen LogP contribution in [0.25, 0.3) is 4.85 Å². The summed E-state index contributed by atoms with van der Waals surface area (Å²) in [4.78, 5) is 27.7. The van der Waals surface area contributed by atoms with Gasteiger partial charge in [-0.25, -0.2) is 11.4 Å². The minimum absolute atomic E-state index is 0.0783. The third-order valence-corrected chi connectivity index (χ3v) is 2.76. The molecule has 0 aliphatic heterocycles. The summed E-state index contributed by atoms with van der Waals surface area (Å²) >= 11 is 0. The highest BCUT2D eigenvalue weighted by molar-refractivity contribution is 5.71. The molecule has 0 spiro atoms. The normalized spacial score (nSPS) is 9.52. The molecule has 0 bridgehead atoms. The number of nitrogens with zero attached hydrogens (tertiary/aromatic N) is 2. The number of esters is 1. The van der Waals surface area contributed by atoms with Gasteiger partial charge in [0.1, 0.15) is 6.61 Å². The highest BCUT2D eigenvalue weighted by atomic mass is 16.6. The van der Waals surface area contributed by atoms with Crippen molar-refractivity contribution in [1.82, 2.24) is 4.90 Å². The molecule has 0 saturated heterocycles. The van der Waals surface area contributed by atoms with E-state index in [0.29, 0.717) is 0 Å². The van der Waals surface area contributed by atoms with Crippen molar-refractivity contribution in [3.05, 3.63) is 47.3 Å². The summed E-state index contributed by atoms with van der Waals surface area (Å²) in [7, 11) is 1.29. The summed E-state index contributed by atoms with van der Waals surface area (Å²) in [6.07, 6.45) is -0.457.